The summed E-state index contributed by atoms with van der Waals surface area (Å²) in [4.78, 5) is 0. The first-order chi connectivity index (χ1) is 7.75. The summed E-state index contributed by atoms with van der Waals surface area (Å²) < 4.78 is 5.17. The summed E-state index contributed by atoms with van der Waals surface area (Å²) in [5, 5.41) is 18.8. The van der Waals surface area contributed by atoms with Crippen LogP contribution in [0.4, 0.5) is 0 Å². The molecule has 0 radical (unpaired) electrons. The van der Waals surface area contributed by atoms with Crippen LogP contribution >= 0.6 is 0 Å². The van der Waals surface area contributed by atoms with Crippen LogP contribution in [-0.4, -0.2) is 41.7 Å². The number of rotatable bonds is 8. The van der Waals surface area contributed by atoms with Gasteiger partial charge in [-0.05, 0) is 26.8 Å². The first-order valence-corrected chi connectivity index (χ1v) is 5.67. The van der Waals surface area contributed by atoms with Gasteiger partial charge in [0, 0.05) is 23.9 Å². The smallest absolute Gasteiger partial charge is 0.0697 e. The standard InChI is InChI=1S/C11H21N3O2/c1-9(11-8-13-14-10(11)2)12-4-3-6-16-7-5-15/h8-9,12,15H,3-7H2,1-2H3,(H,13,14). The lowest BCUT2D eigenvalue weighted by Gasteiger charge is -2.12. The van der Waals surface area contributed by atoms with Crippen molar-refractivity contribution in [2.45, 2.75) is 26.3 Å². The molecule has 1 aromatic rings. The van der Waals surface area contributed by atoms with Gasteiger partial charge in [-0.2, -0.15) is 5.10 Å². The molecule has 1 aromatic heterocycles. The summed E-state index contributed by atoms with van der Waals surface area (Å²) in [5.74, 6) is 0. The third kappa shape index (κ3) is 4.30. The molecule has 0 aliphatic rings. The van der Waals surface area contributed by atoms with E-state index in [2.05, 4.69) is 22.4 Å². The summed E-state index contributed by atoms with van der Waals surface area (Å²) in [6.07, 6.45) is 2.80. The molecule has 0 bridgehead atoms. The minimum atomic E-state index is 0.0953. The highest BCUT2D eigenvalue weighted by molar-refractivity contribution is 5.18. The molecule has 5 nitrogen and oxygen atoms in total. The van der Waals surface area contributed by atoms with Crippen molar-refractivity contribution in [2.24, 2.45) is 0 Å². The van der Waals surface area contributed by atoms with Crippen molar-refractivity contribution in [3.05, 3.63) is 17.5 Å². The van der Waals surface area contributed by atoms with Gasteiger partial charge in [0.2, 0.25) is 0 Å². The molecule has 16 heavy (non-hydrogen) atoms. The minimum Gasteiger partial charge on any atom is -0.394 e. The zero-order valence-corrected chi connectivity index (χ0v) is 9.99. The number of aliphatic hydroxyl groups is 1. The highest BCUT2D eigenvalue weighted by Gasteiger charge is 2.08. The first kappa shape index (κ1) is 13.2. The van der Waals surface area contributed by atoms with E-state index in [1.807, 2.05) is 13.1 Å². The molecule has 0 amide bonds. The third-order valence-electron chi connectivity index (χ3n) is 2.49. The third-order valence-corrected chi connectivity index (χ3v) is 2.49. The van der Waals surface area contributed by atoms with Crippen LogP contribution in [0.5, 0.6) is 0 Å². The SMILES string of the molecule is Cc1[nH]ncc1C(C)NCCCOCCO. The number of H-pyrrole nitrogens is 1. The van der Waals surface area contributed by atoms with E-state index in [-0.39, 0.29) is 6.61 Å². The average Bonchev–Trinajstić information content (AvgIpc) is 2.69. The van der Waals surface area contributed by atoms with Gasteiger partial charge in [-0.3, -0.25) is 5.10 Å². The predicted octanol–water partition coefficient (Wildman–Crippen LogP) is 0.768. The van der Waals surface area contributed by atoms with E-state index < -0.39 is 0 Å². The van der Waals surface area contributed by atoms with Crippen LogP contribution in [0.1, 0.15) is 30.6 Å². The van der Waals surface area contributed by atoms with E-state index in [9.17, 15) is 0 Å². The Kier molecular flexibility index (Phi) is 6.07. The molecular weight excluding hydrogens is 206 g/mol. The maximum atomic E-state index is 8.52. The van der Waals surface area contributed by atoms with Crippen molar-refractivity contribution in [1.29, 1.82) is 0 Å². The van der Waals surface area contributed by atoms with Crippen molar-refractivity contribution in [1.82, 2.24) is 15.5 Å². The van der Waals surface area contributed by atoms with Crippen molar-refractivity contribution in [2.75, 3.05) is 26.4 Å². The normalized spacial score (nSPS) is 12.9. The Hall–Kier alpha value is -0.910. The summed E-state index contributed by atoms with van der Waals surface area (Å²) >= 11 is 0. The molecule has 1 atom stereocenters. The van der Waals surface area contributed by atoms with Gasteiger partial charge in [0.1, 0.15) is 0 Å². The second kappa shape index (κ2) is 7.38. The van der Waals surface area contributed by atoms with Crippen LogP contribution in [0.3, 0.4) is 0 Å². The van der Waals surface area contributed by atoms with Crippen molar-refractivity contribution < 1.29 is 9.84 Å². The van der Waals surface area contributed by atoms with E-state index >= 15 is 0 Å². The molecule has 0 aliphatic heterocycles. The van der Waals surface area contributed by atoms with Crippen LogP contribution in [0.25, 0.3) is 0 Å². The van der Waals surface area contributed by atoms with E-state index in [1.54, 1.807) is 0 Å². The van der Waals surface area contributed by atoms with Gasteiger partial charge in [-0.15, -0.1) is 0 Å². The summed E-state index contributed by atoms with van der Waals surface area (Å²) in [7, 11) is 0. The number of nitrogens with zero attached hydrogens (tertiary/aromatic N) is 1. The van der Waals surface area contributed by atoms with E-state index in [1.165, 1.54) is 5.56 Å². The van der Waals surface area contributed by atoms with Crippen molar-refractivity contribution >= 4 is 0 Å². The number of ether oxygens (including phenoxy) is 1. The van der Waals surface area contributed by atoms with Crippen LogP contribution in [0.2, 0.25) is 0 Å². The molecule has 1 unspecified atom stereocenters. The molecule has 0 spiro atoms. The summed E-state index contributed by atoms with van der Waals surface area (Å²) in [5.41, 5.74) is 2.31. The lowest BCUT2D eigenvalue weighted by molar-refractivity contribution is 0.0904. The number of nitrogens with one attached hydrogen (secondary N) is 2. The van der Waals surface area contributed by atoms with Gasteiger partial charge >= 0.3 is 0 Å². The molecule has 92 valence electrons. The summed E-state index contributed by atoms with van der Waals surface area (Å²) in [6, 6.07) is 0.302. The number of aliphatic hydroxyl groups excluding tert-OH is 1. The topological polar surface area (TPSA) is 70.2 Å². The zero-order chi connectivity index (χ0) is 11.8. The highest BCUT2D eigenvalue weighted by Crippen LogP contribution is 2.13. The largest absolute Gasteiger partial charge is 0.394 e. The van der Waals surface area contributed by atoms with Crippen LogP contribution in [0, 0.1) is 6.92 Å². The lowest BCUT2D eigenvalue weighted by atomic mass is 10.1. The molecule has 3 N–H and O–H groups in total. The predicted molar refractivity (Wildman–Crippen MR) is 62.3 cm³/mol. The maximum Gasteiger partial charge on any atom is 0.0697 e. The molecule has 5 heteroatoms. The van der Waals surface area contributed by atoms with Gasteiger partial charge < -0.3 is 15.2 Å². The Bertz CT molecular complexity index is 289. The minimum absolute atomic E-state index is 0.0953. The van der Waals surface area contributed by atoms with E-state index in [0.717, 1.165) is 18.7 Å². The Morgan fingerprint density at radius 1 is 1.56 bits per heavy atom. The molecule has 0 fully saturated rings. The van der Waals surface area contributed by atoms with Gasteiger partial charge in [0.15, 0.2) is 0 Å². The fraction of sp³-hybridized carbons (Fsp3) is 0.727. The second-order valence-electron chi connectivity index (χ2n) is 3.82. The Labute approximate surface area is 96.2 Å². The maximum absolute atomic E-state index is 8.52. The average molecular weight is 227 g/mol. The highest BCUT2D eigenvalue weighted by atomic mass is 16.5. The van der Waals surface area contributed by atoms with Gasteiger partial charge in [-0.1, -0.05) is 0 Å². The monoisotopic (exact) mass is 227 g/mol. The Morgan fingerprint density at radius 2 is 2.38 bits per heavy atom. The van der Waals surface area contributed by atoms with E-state index in [4.69, 9.17) is 9.84 Å². The lowest BCUT2D eigenvalue weighted by Crippen LogP contribution is -2.21. The fourth-order valence-electron chi connectivity index (χ4n) is 1.57. The number of aromatic amines is 1. The first-order valence-electron chi connectivity index (χ1n) is 5.67. The fourth-order valence-corrected chi connectivity index (χ4v) is 1.57. The molecule has 1 heterocycles. The van der Waals surface area contributed by atoms with Gasteiger partial charge in [0.05, 0.1) is 19.4 Å². The van der Waals surface area contributed by atoms with Gasteiger partial charge in [0.25, 0.3) is 0 Å². The molecule has 0 aliphatic carbocycles. The zero-order valence-electron chi connectivity index (χ0n) is 9.99. The second-order valence-corrected chi connectivity index (χ2v) is 3.82. The molecule has 0 saturated carbocycles. The molecule has 1 rings (SSSR count). The van der Waals surface area contributed by atoms with Gasteiger partial charge in [-0.25, -0.2) is 0 Å². The molecule has 0 saturated heterocycles. The Morgan fingerprint density at radius 3 is 3.00 bits per heavy atom. The quantitative estimate of drug-likeness (QED) is 0.574. The van der Waals surface area contributed by atoms with Crippen molar-refractivity contribution in [3.63, 3.8) is 0 Å². The molecular formula is C11H21N3O2. The number of aromatic nitrogens is 2. The van der Waals surface area contributed by atoms with E-state index in [0.29, 0.717) is 19.3 Å². The van der Waals surface area contributed by atoms with Crippen LogP contribution in [0.15, 0.2) is 6.20 Å². The van der Waals surface area contributed by atoms with Crippen LogP contribution in [-0.2, 0) is 4.74 Å². The number of aryl methyl sites for hydroxylation is 1. The summed E-state index contributed by atoms with van der Waals surface area (Å²) in [6.45, 7) is 6.24. The number of hydrogen-bond donors (Lipinski definition) is 3. The van der Waals surface area contributed by atoms with Crippen molar-refractivity contribution in [3.8, 4) is 0 Å². The number of hydrogen-bond acceptors (Lipinski definition) is 4. The van der Waals surface area contributed by atoms with Crippen LogP contribution < -0.4 is 5.32 Å². The molecule has 0 aromatic carbocycles. The Balaban J connectivity index is 2.11.